The van der Waals surface area contributed by atoms with Gasteiger partial charge in [0.25, 0.3) is 0 Å². The van der Waals surface area contributed by atoms with E-state index in [-0.39, 0.29) is 11.6 Å². The van der Waals surface area contributed by atoms with Gasteiger partial charge in [0.2, 0.25) is 0 Å². The zero-order chi connectivity index (χ0) is 15.6. The molecular weight excluding hydrogens is 256 g/mol. The molecule has 0 radical (unpaired) electrons. The minimum absolute atomic E-state index is 0.0939. The van der Waals surface area contributed by atoms with Gasteiger partial charge >= 0.3 is 0 Å². The van der Waals surface area contributed by atoms with Gasteiger partial charge in [0.05, 0.1) is 0 Å². The van der Waals surface area contributed by atoms with E-state index in [4.69, 9.17) is 5.73 Å². The molecule has 0 heterocycles. The SMILES string of the molecule is CC1CCCC(C(N)c2ccc(C(C)C)cc2)(N(C)C)C1. The van der Waals surface area contributed by atoms with E-state index in [0.29, 0.717) is 5.92 Å². The molecule has 2 heteroatoms. The Morgan fingerprint density at radius 1 is 1.14 bits per heavy atom. The zero-order valence-corrected chi connectivity index (χ0v) is 14.4. The monoisotopic (exact) mass is 288 g/mol. The lowest BCUT2D eigenvalue weighted by atomic mass is 9.70. The van der Waals surface area contributed by atoms with Gasteiger partial charge in [-0.1, -0.05) is 57.9 Å². The molecule has 0 bridgehead atoms. The standard InChI is InChI=1S/C19H32N2/c1-14(2)16-8-10-17(11-9-16)18(20)19(21(4)5)12-6-7-15(3)13-19/h8-11,14-15,18H,6-7,12-13,20H2,1-5H3. The second-order valence-electron chi connectivity index (χ2n) is 7.50. The summed E-state index contributed by atoms with van der Waals surface area (Å²) in [5.41, 5.74) is 9.53. The van der Waals surface area contributed by atoms with Gasteiger partial charge < -0.3 is 10.6 Å². The Morgan fingerprint density at radius 3 is 2.19 bits per heavy atom. The molecule has 1 aliphatic carbocycles. The maximum atomic E-state index is 6.75. The number of nitrogens with two attached hydrogens (primary N) is 1. The Hall–Kier alpha value is -0.860. The molecule has 0 saturated heterocycles. The second kappa shape index (κ2) is 6.50. The van der Waals surface area contributed by atoms with E-state index in [1.807, 2.05) is 0 Å². The van der Waals surface area contributed by atoms with Gasteiger partial charge in [0.15, 0.2) is 0 Å². The van der Waals surface area contributed by atoms with Crippen molar-refractivity contribution in [3.8, 4) is 0 Å². The molecule has 2 rings (SSSR count). The molecule has 2 N–H and O–H groups in total. The molecular formula is C19H32N2. The number of rotatable bonds is 4. The van der Waals surface area contributed by atoms with Crippen molar-refractivity contribution < 1.29 is 0 Å². The second-order valence-corrected chi connectivity index (χ2v) is 7.50. The minimum atomic E-state index is 0.0939. The van der Waals surface area contributed by atoms with Crippen LogP contribution in [0.3, 0.4) is 0 Å². The summed E-state index contributed by atoms with van der Waals surface area (Å²) in [7, 11) is 4.39. The molecule has 3 unspecified atom stereocenters. The molecule has 0 amide bonds. The van der Waals surface area contributed by atoms with Crippen LogP contribution < -0.4 is 5.73 Å². The molecule has 0 aliphatic heterocycles. The predicted octanol–water partition coefficient (Wildman–Crippen LogP) is 4.32. The number of likely N-dealkylation sites (N-methyl/N-ethyl adjacent to an activating group) is 1. The largest absolute Gasteiger partial charge is 0.322 e. The fourth-order valence-corrected chi connectivity index (χ4v) is 3.93. The average Bonchev–Trinajstić information content (AvgIpc) is 2.46. The lowest BCUT2D eigenvalue weighted by molar-refractivity contribution is 0.0499. The summed E-state index contributed by atoms with van der Waals surface area (Å²) in [6.45, 7) is 6.84. The number of hydrogen-bond acceptors (Lipinski definition) is 2. The summed E-state index contributed by atoms with van der Waals surface area (Å²) < 4.78 is 0. The normalized spacial score (nSPS) is 28.1. The molecule has 0 spiro atoms. The fraction of sp³-hybridized carbons (Fsp3) is 0.684. The first-order valence-electron chi connectivity index (χ1n) is 8.39. The fourth-order valence-electron chi connectivity index (χ4n) is 3.93. The van der Waals surface area contributed by atoms with E-state index in [9.17, 15) is 0 Å². The first-order chi connectivity index (χ1) is 9.86. The van der Waals surface area contributed by atoms with E-state index in [1.165, 1.54) is 36.8 Å². The summed E-state index contributed by atoms with van der Waals surface area (Å²) >= 11 is 0. The van der Waals surface area contributed by atoms with Crippen LogP contribution in [0.15, 0.2) is 24.3 Å². The molecule has 1 aromatic rings. The lowest BCUT2D eigenvalue weighted by Crippen LogP contribution is -2.54. The number of hydrogen-bond donors (Lipinski definition) is 1. The third-order valence-electron chi connectivity index (χ3n) is 5.44. The molecule has 2 nitrogen and oxygen atoms in total. The summed E-state index contributed by atoms with van der Waals surface area (Å²) in [5, 5.41) is 0. The Morgan fingerprint density at radius 2 is 1.71 bits per heavy atom. The Kier molecular flexibility index (Phi) is 5.11. The first-order valence-corrected chi connectivity index (χ1v) is 8.39. The molecule has 0 aromatic heterocycles. The highest BCUT2D eigenvalue weighted by Gasteiger charge is 2.42. The van der Waals surface area contributed by atoms with E-state index in [0.717, 1.165) is 5.92 Å². The van der Waals surface area contributed by atoms with Crippen LogP contribution in [0.5, 0.6) is 0 Å². The zero-order valence-electron chi connectivity index (χ0n) is 14.4. The molecule has 1 saturated carbocycles. The summed E-state index contributed by atoms with van der Waals surface area (Å²) in [6.07, 6.45) is 5.04. The van der Waals surface area contributed by atoms with Crippen LogP contribution in [-0.4, -0.2) is 24.5 Å². The molecule has 1 aromatic carbocycles. The molecule has 1 fully saturated rings. The van der Waals surface area contributed by atoms with Crippen LogP contribution >= 0.6 is 0 Å². The van der Waals surface area contributed by atoms with E-state index in [1.54, 1.807) is 0 Å². The van der Waals surface area contributed by atoms with Gasteiger partial charge in [0, 0.05) is 11.6 Å². The minimum Gasteiger partial charge on any atom is -0.322 e. The van der Waals surface area contributed by atoms with Gasteiger partial charge in [-0.2, -0.15) is 0 Å². The van der Waals surface area contributed by atoms with Crippen LogP contribution in [0.2, 0.25) is 0 Å². The summed E-state index contributed by atoms with van der Waals surface area (Å²) in [4.78, 5) is 2.38. The van der Waals surface area contributed by atoms with E-state index < -0.39 is 0 Å². The third-order valence-corrected chi connectivity index (χ3v) is 5.44. The van der Waals surface area contributed by atoms with Crippen molar-refractivity contribution >= 4 is 0 Å². The quantitative estimate of drug-likeness (QED) is 0.894. The van der Waals surface area contributed by atoms with Crippen molar-refractivity contribution in [2.45, 2.75) is 64.0 Å². The molecule has 1 aliphatic rings. The predicted molar refractivity (Wildman–Crippen MR) is 91.5 cm³/mol. The van der Waals surface area contributed by atoms with E-state index in [2.05, 4.69) is 64.0 Å². The van der Waals surface area contributed by atoms with Crippen molar-refractivity contribution in [3.05, 3.63) is 35.4 Å². The summed E-state index contributed by atoms with van der Waals surface area (Å²) in [5.74, 6) is 1.34. The topological polar surface area (TPSA) is 29.3 Å². The highest BCUT2D eigenvalue weighted by atomic mass is 15.2. The molecule has 3 atom stereocenters. The highest BCUT2D eigenvalue weighted by molar-refractivity contribution is 5.29. The maximum absolute atomic E-state index is 6.75. The van der Waals surface area contributed by atoms with Crippen molar-refractivity contribution in [3.63, 3.8) is 0 Å². The van der Waals surface area contributed by atoms with Crippen molar-refractivity contribution in [1.29, 1.82) is 0 Å². The van der Waals surface area contributed by atoms with Crippen molar-refractivity contribution in [2.24, 2.45) is 11.7 Å². The van der Waals surface area contributed by atoms with Crippen LogP contribution in [0, 0.1) is 5.92 Å². The van der Waals surface area contributed by atoms with Gasteiger partial charge in [0.1, 0.15) is 0 Å². The van der Waals surface area contributed by atoms with Gasteiger partial charge in [-0.05, 0) is 49.9 Å². The van der Waals surface area contributed by atoms with Gasteiger partial charge in [-0.25, -0.2) is 0 Å². The molecule has 21 heavy (non-hydrogen) atoms. The van der Waals surface area contributed by atoms with Crippen molar-refractivity contribution in [1.82, 2.24) is 4.90 Å². The van der Waals surface area contributed by atoms with Gasteiger partial charge in [-0.15, -0.1) is 0 Å². The van der Waals surface area contributed by atoms with Crippen molar-refractivity contribution in [2.75, 3.05) is 14.1 Å². The maximum Gasteiger partial charge on any atom is 0.0482 e. The Balaban J connectivity index is 2.28. The van der Waals surface area contributed by atoms with Gasteiger partial charge in [-0.3, -0.25) is 0 Å². The smallest absolute Gasteiger partial charge is 0.0482 e. The summed E-state index contributed by atoms with van der Waals surface area (Å²) in [6, 6.07) is 9.07. The highest BCUT2D eigenvalue weighted by Crippen LogP contribution is 2.43. The lowest BCUT2D eigenvalue weighted by Gasteiger charge is -2.49. The van der Waals surface area contributed by atoms with Crippen LogP contribution in [0.1, 0.15) is 69.5 Å². The molecule has 118 valence electrons. The van der Waals surface area contributed by atoms with Crippen LogP contribution in [0.25, 0.3) is 0 Å². The number of nitrogens with zero attached hydrogens (tertiary/aromatic N) is 1. The van der Waals surface area contributed by atoms with Crippen LogP contribution in [-0.2, 0) is 0 Å². The number of benzene rings is 1. The Labute approximate surface area is 130 Å². The van der Waals surface area contributed by atoms with E-state index >= 15 is 0 Å². The average molecular weight is 288 g/mol. The third kappa shape index (κ3) is 3.32. The van der Waals surface area contributed by atoms with Crippen LogP contribution in [0.4, 0.5) is 0 Å². The first kappa shape index (κ1) is 16.5. The Bertz CT molecular complexity index is 449.